The van der Waals surface area contributed by atoms with E-state index in [0.29, 0.717) is 6.54 Å². The quantitative estimate of drug-likeness (QED) is 0.521. The third-order valence-corrected chi connectivity index (χ3v) is 5.89. The molecule has 0 aliphatic carbocycles. The summed E-state index contributed by atoms with van der Waals surface area (Å²) < 4.78 is 26.9. The van der Waals surface area contributed by atoms with Gasteiger partial charge in [0.1, 0.15) is 4.90 Å². The fourth-order valence-electron chi connectivity index (χ4n) is 2.57. The van der Waals surface area contributed by atoms with Crippen LogP contribution in [0.15, 0.2) is 23.1 Å². The molecule has 116 valence electrons. The van der Waals surface area contributed by atoms with E-state index >= 15 is 0 Å². The first-order valence-corrected chi connectivity index (χ1v) is 8.23. The summed E-state index contributed by atoms with van der Waals surface area (Å²) in [7, 11) is -3.83. The molecule has 1 fully saturated rings. The van der Waals surface area contributed by atoms with Crippen molar-refractivity contribution < 1.29 is 13.3 Å². The Kier molecular flexibility index (Phi) is 4.20. The van der Waals surface area contributed by atoms with E-state index in [1.165, 1.54) is 16.4 Å². The molecule has 0 bridgehead atoms. The molecule has 2 atom stereocenters. The van der Waals surface area contributed by atoms with Crippen LogP contribution in [0.3, 0.4) is 0 Å². The molecule has 0 aromatic heterocycles. The van der Waals surface area contributed by atoms with Gasteiger partial charge in [0.2, 0.25) is 10.0 Å². The Labute approximate surface area is 123 Å². The summed E-state index contributed by atoms with van der Waals surface area (Å²) in [6.45, 7) is 4.24. The standard InChI is InChI=1S/C13H19N3O4S/c1-9-3-4-10(2)15(8-9)21(19,20)13-7-11(16(17)18)5-6-12(13)14/h5-7,9-10H,3-4,8,14H2,1-2H3. The largest absolute Gasteiger partial charge is 0.398 e. The van der Waals surface area contributed by atoms with Crippen molar-refractivity contribution in [2.24, 2.45) is 5.92 Å². The lowest BCUT2D eigenvalue weighted by atomic mass is 9.97. The molecule has 7 nitrogen and oxygen atoms in total. The molecule has 1 saturated heterocycles. The number of hydrogen-bond donors (Lipinski definition) is 1. The molecule has 21 heavy (non-hydrogen) atoms. The number of nitrogen functional groups attached to an aromatic ring is 1. The van der Waals surface area contributed by atoms with E-state index in [2.05, 4.69) is 0 Å². The molecule has 1 aliphatic rings. The van der Waals surface area contributed by atoms with Crippen molar-refractivity contribution in [2.75, 3.05) is 12.3 Å². The Hall–Kier alpha value is -1.67. The molecular weight excluding hydrogens is 294 g/mol. The molecule has 2 N–H and O–H groups in total. The van der Waals surface area contributed by atoms with Gasteiger partial charge >= 0.3 is 0 Å². The van der Waals surface area contributed by atoms with Crippen molar-refractivity contribution in [3.63, 3.8) is 0 Å². The summed E-state index contributed by atoms with van der Waals surface area (Å²) in [4.78, 5) is 10.0. The van der Waals surface area contributed by atoms with E-state index in [-0.39, 0.29) is 28.2 Å². The van der Waals surface area contributed by atoms with Crippen LogP contribution in [-0.2, 0) is 10.0 Å². The van der Waals surface area contributed by atoms with Crippen LogP contribution in [0.1, 0.15) is 26.7 Å². The van der Waals surface area contributed by atoms with Crippen LogP contribution in [0, 0.1) is 16.0 Å². The maximum absolute atomic E-state index is 12.8. The van der Waals surface area contributed by atoms with E-state index in [1.807, 2.05) is 13.8 Å². The molecule has 0 saturated carbocycles. The number of sulfonamides is 1. The van der Waals surface area contributed by atoms with Gasteiger partial charge in [-0.3, -0.25) is 10.1 Å². The van der Waals surface area contributed by atoms with Crippen LogP contribution in [0.4, 0.5) is 11.4 Å². The zero-order chi connectivity index (χ0) is 15.8. The number of nitrogens with zero attached hydrogens (tertiary/aromatic N) is 2. The smallest absolute Gasteiger partial charge is 0.270 e. The first-order valence-electron chi connectivity index (χ1n) is 6.79. The highest BCUT2D eigenvalue weighted by atomic mass is 32.2. The first-order chi connectivity index (χ1) is 9.73. The number of nitrogens with two attached hydrogens (primary N) is 1. The van der Waals surface area contributed by atoms with Crippen molar-refractivity contribution >= 4 is 21.4 Å². The minimum absolute atomic E-state index is 0.0334. The Morgan fingerprint density at radius 1 is 1.33 bits per heavy atom. The molecule has 1 heterocycles. The molecule has 2 rings (SSSR count). The van der Waals surface area contributed by atoms with Crippen molar-refractivity contribution in [1.29, 1.82) is 0 Å². The van der Waals surface area contributed by atoms with Gasteiger partial charge in [-0.25, -0.2) is 8.42 Å². The number of benzene rings is 1. The van der Waals surface area contributed by atoms with Crippen molar-refractivity contribution in [3.8, 4) is 0 Å². The van der Waals surface area contributed by atoms with Crippen LogP contribution < -0.4 is 5.73 Å². The van der Waals surface area contributed by atoms with Gasteiger partial charge in [-0.1, -0.05) is 6.92 Å². The molecule has 8 heteroatoms. The number of nitro benzene ring substituents is 1. The van der Waals surface area contributed by atoms with Crippen LogP contribution in [0.25, 0.3) is 0 Å². The van der Waals surface area contributed by atoms with Crippen LogP contribution in [0.5, 0.6) is 0 Å². The summed E-state index contributed by atoms with van der Waals surface area (Å²) in [6, 6.07) is 3.38. The third kappa shape index (κ3) is 3.01. The maximum Gasteiger partial charge on any atom is 0.270 e. The Bertz CT molecular complexity index is 659. The number of hydrogen-bond acceptors (Lipinski definition) is 5. The van der Waals surface area contributed by atoms with Crippen molar-refractivity contribution in [3.05, 3.63) is 28.3 Å². The van der Waals surface area contributed by atoms with Gasteiger partial charge in [0.15, 0.2) is 0 Å². The predicted molar refractivity (Wildman–Crippen MR) is 79.3 cm³/mol. The van der Waals surface area contributed by atoms with E-state index in [4.69, 9.17) is 5.73 Å². The highest BCUT2D eigenvalue weighted by Crippen LogP contribution is 2.32. The Morgan fingerprint density at radius 3 is 2.62 bits per heavy atom. The summed E-state index contributed by atoms with van der Waals surface area (Å²) in [6.07, 6.45) is 1.74. The fraction of sp³-hybridized carbons (Fsp3) is 0.538. The Balaban J connectivity index is 2.48. The van der Waals surface area contributed by atoms with Gasteiger partial charge in [-0.05, 0) is 31.7 Å². The van der Waals surface area contributed by atoms with Crippen molar-refractivity contribution in [2.45, 2.75) is 37.6 Å². The van der Waals surface area contributed by atoms with Crippen molar-refractivity contribution in [1.82, 2.24) is 4.31 Å². The van der Waals surface area contributed by atoms with Crippen LogP contribution in [-0.4, -0.2) is 30.2 Å². The van der Waals surface area contributed by atoms with Gasteiger partial charge in [0, 0.05) is 24.7 Å². The molecule has 0 amide bonds. The number of non-ortho nitro benzene ring substituents is 1. The maximum atomic E-state index is 12.8. The normalized spacial score (nSPS) is 23.9. The van der Waals surface area contributed by atoms with E-state index < -0.39 is 14.9 Å². The summed E-state index contributed by atoms with van der Waals surface area (Å²) in [5.74, 6) is 0.260. The number of nitro groups is 1. The highest BCUT2D eigenvalue weighted by molar-refractivity contribution is 7.89. The number of rotatable bonds is 3. The van der Waals surface area contributed by atoms with Gasteiger partial charge in [0.25, 0.3) is 5.69 Å². The monoisotopic (exact) mass is 313 g/mol. The average molecular weight is 313 g/mol. The number of piperidine rings is 1. The van der Waals surface area contributed by atoms with Gasteiger partial charge < -0.3 is 5.73 Å². The molecular formula is C13H19N3O4S. The lowest BCUT2D eigenvalue weighted by Gasteiger charge is -2.35. The summed E-state index contributed by atoms with van der Waals surface area (Å²) in [5.41, 5.74) is 5.49. The lowest BCUT2D eigenvalue weighted by molar-refractivity contribution is -0.385. The van der Waals surface area contributed by atoms with E-state index in [9.17, 15) is 18.5 Å². The van der Waals surface area contributed by atoms with E-state index in [1.54, 1.807) is 0 Å². The zero-order valence-electron chi connectivity index (χ0n) is 12.0. The predicted octanol–water partition coefficient (Wildman–Crippen LogP) is 1.99. The van der Waals surface area contributed by atoms with Gasteiger partial charge in [-0.15, -0.1) is 0 Å². The van der Waals surface area contributed by atoms with Gasteiger partial charge in [0.05, 0.1) is 10.6 Å². The fourth-order valence-corrected chi connectivity index (χ4v) is 4.49. The minimum atomic E-state index is -3.83. The number of anilines is 1. The molecule has 1 aliphatic heterocycles. The molecule has 0 spiro atoms. The lowest BCUT2D eigenvalue weighted by Crippen LogP contribution is -2.44. The van der Waals surface area contributed by atoms with Crippen LogP contribution in [0.2, 0.25) is 0 Å². The molecule has 1 aromatic rings. The summed E-state index contributed by atoms with van der Waals surface area (Å²) in [5, 5.41) is 10.8. The Morgan fingerprint density at radius 2 is 2.00 bits per heavy atom. The highest BCUT2D eigenvalue weighted by Gasteiger charge is 2.35. The molecule has 2 unspecified atom stereocenters. The minimum Gasteiger partial charge on any atom is -0.398 e. The topological polar surface area (TPSA) is 107 Å². The third-order valence-electron chi connectivity index (χ3n) is 3.86. The van der Waals surface area contributed by atoms with E-state index in [0.717, 1.165) is 18.9 Å². The zero-order valence-corrected chi connectivity index (χ0v) is 12.8. The second kappa shape index (κ2) is 5.61. The second-order valence-electron chi connectivity index (χ2n) is 5.59. The first kappa shape index (κ1) is 15.7. The molecule has 0 radical (unpaired) electrons. The summed E-state index contributed by atoms with van der Waals surface area (Å²) >= 11 is 0. The van der Waals surface area contributed by atoms with Crippen LogP contribution >= 0.6 is 0 Å². The SMILES string of the molecule is CC1CCC(C)N(S(=O)(=O)c2cc([N+](=O)[O-])ccc2N)C1. The van der Waals surface area contributed by atoms with Gasteiger partial charge in [-0.2, -0.15) is 4.31 Å². The average Bonchev–Trinajstić information content (AvgIpc) is 2.41. The second-order valence-corrected chi connectivity index (χ2v) is 7.44. The molecule has 1 aromatic carbocycles.